The zero-order chi connectivity index (χ0) is 17.8. The van der Waals surface area contributed by atoms with Gasteiger partial charge in [0.1, 0.15) is 18.2 Å². The summed E-state index contributed by atoms with van der Waals surface area (Å²) in [6.07, 6.45) is 1.67. The van der Waals surface area contributed by atoms with E-state index < -0.39 is 20.5 Å². The summed E-state index contributed by atoms with van der Waals surface area (Å²) in [5, 5.41) is 3.08. The summed E-state index contributed by atoms with van der Waals surface area (Å²) >= 11 is 0. The van der Waals surface area contributed by atoms with E-state index in [1.165, 1.54) is 29.2 Å². The molecule has 1 aromatic carbocycles. The number of nitrogens with one attached hydrogen (secondary N) is 1. The van der Waals surface area contributed by atoms with E-state index in [9.17, 15) is 17.6 Å². The number of hydrogen-bond acceptors (Lipinski definition) is 5. The van der Waals surface area contributed by atoms with Crippen molar-refractivity contribution in [2.75, 3.05) is 39.5 Å². The molecule has 1 heterocycles. The van der Waals surface area contributed by atoms with Crippen LogP contribution in [0.4, 0.5) is 4.39 Å². The lowest BCUT2D eigenvalue weighted by atomic mass is 9.95. The Morgan fingerprint density at radius 3 is 2.36 bits per heavy atom. The van der Waals surface area contributed by atoms with Crippen molar-refractivity contribution in [3.63, 3.8) is 0 Å². The van der Waals surface area contributed by atoms with Gasteiger partial charge in [-0.25, -0.2) is 12.8 Å². The number of rotatable bonds is 6. The van der Waals surface area contributed by atoms with Crippen molar-refractivity contribution >= 4 is 28.2 Å². The normalized spacial score (nSPS) is 16.6. The van der Waals surface area contributed by atoms with Crippen molar-refractivity contribution in [3.05, 3.63) is 30.1 Å². The number of hydrogen-bond donors (Lipinski definition) is 1. The lowest BCUT2D eigenvalue weighted by molar-refractivity contribution is -0.133. The van der Waals surface area contributed by atoms with E-state index in [0.717, 1.165) is 6.26 Å². The number of ether oxygens (including phenoxy) is 1. The van der Waals surface area contributed by atoms with Crippen molar-refractivity contribution in [1.29, 1.82) is 0 Å². The first kappa shape index (κ1) is 21.7. The molecule has 25 heavy (non-hydrogen) atoms. The minimum absolute atomic E-state index is 0. The van der Waals surface area contributed by atoms with Crippen LogP contribution in [0.3, 0.4) is 0 Å². The van der Waals surface area contributed by atoms with Crippen molar-refractivity contribution in [3.8, 4) is 5.75 Å². The van der Waals surface area contributed by atoms with Gasteiger partial charge in [-0.1, -0.05) is 0 Å². The smallest absolute Gasteiger partial charge is 0.243 e. The molecule has 0 unspecified atom stereocenters. The molecular weight excluding hydrogens is 371 g/mol. The molecule has 142 valence electrons. The predicted octanol–water partition coefficient (Wildman–Crippen LogP) is 1.25. The Kier molecular flexibility index (Phi) is 7.64. The highest BCUT2D eigenvalue weighted by molar-refractivity contribution is 7.92. The lowest BCUT2D eigenvalue weighted by Gasteiger charge is -2.37. The molecule has 0 atom stereocenters. The molecule has 0 saturated carbocycles. The average Bonchev–Trinajstić information content (AvgIpc) is 2.55. The molecule has 1 amide bonds. The first-order valence-corrected chi connectivity index (χ1v) is 9.70. The van der Waals surface area contributed by atoms with Gasteiger partial charge in [0.2, 0.25) is 5.91 Å². The molecule has 1 saturated heterocycles. The second kappa shape index (κ2) is 8.82. The maximum absolute atomic E-state index is 12.8. The molecule has 9 heteroatoms. The fourth-order valence-corrected chi connectivity index (χ4v) is 4.27. The van der Waals surface area contributed by atoms with Crippen LogP contribution in [0.1, 0.15) is 12.8 Å². The zero-order valence-corrected chi connectivity index (χ0v) is 16.0. The first-order chi connectivity index (χ1) is 11.3. The molecule has 0 radical (unpaired) electrons. The minimum atomic E-state index is -3.53. The molecule has 0 aromatic heterocycles. The Morgan fingerprint density at radius 1 is 1.28 bits per heavy atom. The second-order valence-electron chi connectivity index (χ2n) is 6.05. The Hall–Kier alpha value is -1.38. The van der Waals surface area contributed by atoms with E-state index in [2.05, 4.69) is 5.32 Å². The SMILES string of the molecule is CN(CCOc1ccc(F)cc1)C(=O)C1(S(C)(=O)=O)CCNCC1.Cl. The van der Waals surface area contributed by atoms with Crippen LogP contribution in [0.5, 0.6) is 5.75 Å². The van der Waals surface area contributed by atoms with Gasteiger partial charge in [0.15, 0.2) is 14.6 Å². The van der Waals surface area contributed by atoms with Crippen LogP contribution in [0.15, 0.2) is 24.3 Å². The maximum Gasteiger partial charge on any atom is 0.243 e. The number of amides is 1. The summed E-state index contributed by atoms with van der Waals surface area (Å²) < 4.78 is 41.4. The van der Waals surface area contributed by atoms with E-state index in [1.54, 1.807) is 7.05 Å². The highest BCUT2D eigenvalue weighted by atomic mass is 35.5. The Labute approximate surface area is 154 Å². The maximum atomic E-state index is 12.8. The number of carbonyl (C=O) groups is 1. The van der Waals surface area contributed by atoms with Gasteiger partial charge in [-0.15, -0.1) is 12.4 Å². The summed E-state index contributed by atoms with van der Waals surface area (Å²) in [6, 6.07) is 5.58. The van der Waals surface area contributed by atoms with Crippen LogP contribution in [0.25, 0.3) is 0 Å². The van der Waals surface area contributed by atoms with Crippen molar-refractivity contribution < 1.29 is 22.3 Å². The number of carbonyl (C=O) groups excluding carboxylic acids is 1. The van der Waals surface area contributed by atoms with Crippen LogP contribution in [-0.2, 0) is 14.6 Å². The third-order valence-electron chi connectivity index (χ3n) is 4.37. The Bertz CT molecular complexity index is 676. The largest absolute Gasteiger partial charge is 0.492 e. The number of halogens is 2. The molecule has 1 aromatic rings. The van der Waals surface area contributed by atoms with Gasteiger partial charge in [-0.05, 0) is 50.2 Å². The summed E-state index contributed by atoms with van der Waals surface area (Å²) in [6.45, 7) is 1.45. The van der Waals surface area contributed by atoms with E-state index in [0.29, 0.717) is 18.8 Å². The molecule has 0 aliphatic carbocycles. The Morgan fingerprint density at radius 2 is 1.84 bits per heavy atom. The molecular formula is C16H24ClFN2O4S. The van der Waals surface area contributed by atoms with Crippen LogP contribution in [0.2, 0.25) is 0 Å². The number of piperidine rings is 1. The van der Waals surface area contributed by atoms with Gasteiger partial charge in [-0.3, -0.25) is 4.79 Å². The van der Waals surface area contributed by atoms with Gasteiger partial charge in [0.05, 0.1) is 6.54 Å². The topological polar surface area (TPSA) is 75.7 Å². The molecule has 1 aliphatic rings. The van der Waals surface area contributed by atoms with Gasteiger partial charge in [-0.2, -0.15) is 0 Å². The van der Waals surface area contributed by atoms with Crippen LogP contribution in [0, 0.1) is 5.82 Å². The van der Waals surface area contributed by atoms with E-state index in [1.807, 2.05) is 0 Å². The third-order valence-corrected chi connectivity index (χ3v) is 6.37. The molecule has 1 N–H and O–H groups in total. The van der Waals surface area contributed by atoms with Crippen molar-refractivity contribution in [2.24, 2.45) is 0 Å². The fourth-order valence-electron chi connectivity index (χ4n) is 2.85. The second-order valence-corrected chi connectivity index (χ2v) is 8.37. The van der Waals surface area contributed by atoms with E-state index >= 15 is 0 Å². The quantitative estimate of drug-likeness (QED) is 0.786. The standard InChI is InChI=1S/C16H23FN2O4S.ClH/c1-19(11-12-23-14-5-3-13(17)4-6-14)15(20)16(24(2,21)22)7-9-18-10-8-16;/h3-6,18H,7-12H2,1-2H3;1H. The van der Waals surface area contributed by atoms with Crippen molar-refractivity contribution in [1.82, 2.24) is 10.2 Å². The Balaban J connectivity index is 0.00000312. The number of benzene rings is 1. The van der Waals surface area contributed by atoms with Gasteiger partial charge in [0.25, 0.3) is 0 Å². The highest BCUT2D eigenvalue weighted by Gasteiger charge is 2.49. The van der Waals surface area contributed by atoms with Gasteiger partial charge in [0, 0.05) is 13.3 Å². The molecule has 1 aliphatic heterocycles. The summed E-state index contributed by atoms with van der Waals surface area (Å²) in [7, 11) is -1.95. The first-order valence-electron chi connectivity index (χ1n) is 7.80. The lowest BCUT2D eigenvalue weighted by Crippen LogP contribution is -2.57. The fraction of sp³-hybridized carbons (Fsp3) is 0.562. The third kappa shape index (κ3) is 5.05. The van der Waals surface area contributed by atoms with E-state index in [4.69, 9.17) is 4.74 Å². The van der Waals surface area contributed by atoms with Crippen LogP contribution in [-0.4, -0.2) is 63.5 Å². The average molecular weight is 395 g/mol. The zero-order valence-electron chi connectivity index (χ0n) is 14.3. The number of nitrogens with zero attached hydrogens (tertiary/aromatic N) is 1. The monoisotopic (exact) mass is 394 g/mol. The van der Waals surface area contributed by atoms with Crippen LogP contribution < -0.4 is 10.1 Å². The molecule has 2 rings (SSSR count). The van der Waals surface area contributed by atoms with Crippen molar-refractivity contribution in [2.45, 2.75) is 17.6 Å². The summed E-state index contributed by atoms with van der Waals surface area (Å²) in [5.74, 6) is -0.248. The minimum Gasteiger partial charge on any atom is -0.492 e. The predicted molar refractivity (Wildman–Crippen MR) is 96.5 cm³/mol. The van der Waals surface area contributed by atoms with Crippen LogP contribution >= 0.6 is 12.4 Å². The van der Waals surface area contributed by atoms with Gasteiger partial charge < -0.3 is 15.0 Å². The molecule has 0 spiro atoms. The number of sulfone groups is 1. The summed E-state index contributed by atoms with van der Waals surface area (Å²) in [5.41, 5.74) is 0. The van der Waals surface area contributed by atoms with Gasteiger partial charge >= 0.3 is 0 Å². The summed E-state index contributed by atoms with van der Waals surface area (Å²) in [4.78, 5) is 14.2. The molecule has 0 bridgehead atoms. The van der Waals surface area contributed by atoms with E-state index in [-0.39, 0.29) is 44.2 Å². The molecule has 6 nitrogen and oxygen atoms in total. The molecule has 1 fully saturated rings. The highest BCUT2D eigenvalue weighted by Crippen LogP contribution is 2.29. The number of likely N-dealkylation sites (N-methyl/N-ethyl adjacent to an activating group) is 1.